The van der Waals surface area contributed by atoms with E-state index in [1.807, 2.05) is 37.3 Å². The van der Waals surface area contributed by atoms with Crippen molar-refractivity contribution in [1.29, 1.82) is 0 Å². The molecule has 3 N–H and O–H groups in total. The predicted octanol–water partition coefficient (Wildman–Crippen LogP) is 6.65. The Morgan fingerprint density at radius 2 is 1.78 bits per heavy atom. The molecule has 3 heteroatoms. The summed E-state index contributed by atoms with van der Waals surface area (Å²) in [4.78, 5) is 3.34. The molecule has 0 spiro atoms. The zero-order valence-electron chi connectivity index (χ0n) is 16.0. The number of aromatic hydroxyl groups is 2. The lowest BCUT2D eigenvalue weighted by Crippen LogP contribution is -2.03. The zero-order valence-corrected chi connectivity index (χ0v) is 16.0. The fourth-order valence-corrected chi connectivity index (χ4v) is 3.73. The second-order valence-electron chi connectivity index (χ2n) is 7.12. The maximum absolute atomic E-state index is 10.5. The van der Waals surface area contributed by atoms with Crippen LogP contribution in [-0.2, 0) is 0 Å². The number of hydrogen-bond donors (Lipinski definition) is 3. The van der Waals surface area contributed by atoms with Crippen LogP contribution in [0, 0.1) is 0 Å². The van der Waals surface area contributed by atoms with Crippen molar-refractivity contribution in [3.63, 3.8) is 0 Å². The largest absolute Gasteiger partial charge is 0.507 e. The minimum absolute atomic E-state index is 0.0931. The van der Waals surface area contributed by atoms with Gasteiger partial charge in [-0.15, -0.1) is 6.58 Å². The third-order valence-electron chi connectivity index (χ3n) is 4.92. The number of hydrogen-bond acceptors (Lipinski definition) is 2. The fraction of sp³-hybridized carbons (Fsp3) is 0.250. The Morgan fingerprint density at radius 3 is 2.41 bits per heavy atom. The smallest absolute Gasteiger partial charge is 0.123 e. The number of rotatable bonds is 2. The molecule has 27 heavy (non-hydrogen) atoms. The van der Waals surface area contributed by atoms with Crippen molar-refractivity contribution >= 4 is 10.9 Å². The van der Waals surface area contributed by atoms with E-state index in [4.69, 9.17) is 0 Å². The highest BCUT2D eigenvalue weighted by atomic mass is 16.3. The van der Waals surface area contributed by atoms with Gasteiger partial charge in [0.15, 0.2) is 0 Å². The fourth-order valence-electron chi connectivity index (χ4n) is 3.73. The van der Waals surface area contributed by atoms with Crippen molar-refractivity contribution in [2.24, 2.45) is 0 Å². The van der Waals surface area contributed by atoms with Crippen molar-refractivity contribution < 1.29 is 10.2 Å². The Balaban J connectivity index is 0.000000659. The van der Waals surface area contributed by atoms with E-state index in [0.717, 1.165) is 41.4 Å². The monoisotopic (exact) mass is 361 g/mol. The van der Waals surface area contributed by atoms with Gasteiger partial charge in [-0.1, -0.05) is 35.9 Å². The quantitative estimate of drug-likeness (QED) is 0.447. The molecule has 140 valence electrons. The van der Waals surface area contributed by atoms with E-state index in [1.165, 1.54) is 5.57 Å². The number of nitrogens with one attached hydrogen (secondary N) is 1. The zero-order chi connectivity index (χ0) is 19.4. The topological polar surface area (TPSA) is 56.2 Å². The number of aromatic amines is 1. The summed E-state index contributed by atoms with van der Waals surface area (Å²) in [5.74, 6) is 0.426. The standard InChI is InChI=1S/C21H21NO2.C3H6/c1-13-5-4-7-15(9-13)21-19(23)11-16(12-20(21)24)18-10-14-6-2-3-8-17(14)22-18;1-3-2/h2-3,6,8-12,15,22-24H,4-5,7H2,1H3;3H,1H2,2H3. The van der Waals surface area contributed by atoms with Crippen molar-refractivity contribution in [3.05, 3.63) is 72.3 Å². The minimum Gasteiger partial charge on any atom is -0.507 e. The number of aromatic nitrogens is 1. The number of phenolic OH excluding ortho intramolecular Hbond substituents is 2. The lowest BCUT2D eigenvalue weighted by atomic mass is 9.84. The summed E-state index contributed by atoms with van der Waals surface area (Å²) in [6, 6.07) is 13.6. The van der Waals surface area contributed by atoms with Crippen LogP contribution in [0.3, 0.4) is 0 Å². The highest BCUT2D eigenvalue weighted by Crippen LogP contribution is 2.43. The van der Waals surface area contributed by atoms with E-state index >= 15 is 0 Å². The van der Waals surface area contributed by atoms with Crippen LogP contribution in [0.2, 0.25) is 0 Å². The number of para-hydroxylation sites is 1. The molecule has 0 aliphatic heterocycles. The second-order valence-corrected chi connectivity index (χ2v) is 7.12. The van der Waals surface area contributed by atoms with Gasteiger partial charge in [0.25, 0.3) is 0 Å². The number of H-pyrrole nitrogens is 1. The molecule has 2 aromatic carbocycles. The van der Waals surface area contributed by atoms with Gasteiger partial charge in [-0.25, -0.2) is 0 Å². The van der Waals surface area contributed by atoms with Crippen LogP contribution in [0.4, 0.5) is 0 Å². The molecular formula is C24H27NO2. The van der Waals surface area contributed by atoms with Crippen molar-refractivity contribution in [1.82, 2.24) is 4.98 Å². The van der Waals surface area contributed by atoms with Crippen LogP contribution in [0.15, 0.2) is 66.8 Å². The van der Waals surface area contributed by atoms with Gasteiger partial charge >= 0.3 is 0 Å². The first-order chi connectivity index (χ1) is 13.0. The number of benzene rings is 2. The highest BCUT2D eigenvalue weighted by molar-refractivity contribution is 5.86. The van der Waals surface area contributed by atoms with E-state index < -0.39 is 0 Å². The maximum atomic E-state index is 10.5. The maximum Gasteiger partial charge on any atom is 0.123 e. The van der Waals surface area contributed by atoms with E-state index in [1.54, 1.807) is 18.2 Å². The van der Waals surface area contributed by atoms with Gasteiger partial charge in [-0.3, -0.25) is 0 Å². The Kier molecular flexibility index (Phi) is 5.70. The molecule has 1 aliphatic rings. The van der Waals surface area contributed by atoms with Crippen LogP contribution in [-0.4, -0.2) is 15.2 Å². The van der Waals surface area contributed by atoms with Crippen molar-refractivity contribution in [2.75, 3.05) is 0 Å². The number of allylic oxidation sites excluding steroid dienone is 3. The first kappa shape index (κ1) is 18.8. The van der Waals surface area contributed by atoms with Crippen molar-refractivity contribution in [2.45, 2.75) is 39.0 Å². The van der Waals surface area contributed by atoms with Crippen LogP contribution < -0.4 is 0 Å². The Labute approximate surface area is 160 Å². The van der Waals surface area contributed by atoms with Gasteiger partial charge in [-0.05, 0) is 57.4 Å². The molecular weight excluding hydrogens is 334 g/mol. The van der Waals surface area contributed by atoms with E-state index in [9.17, 15) is 10.2 Å². The SMILES string of the molecule is C=CC.CC1=CC(c2c(O)cc(-c3cc4ccccc4[nH]3)cc2O)CCC1. The first-order valence-electron chi connectivity index (χ1n) is 9.41. The molecule has 1 aromatic heterocycles. The lowest BCUT2D eigenvalue weighted by Gasteiger charge is -2.22. The summed E-state index contributed by atoms with van der Waals surface area (Å²) in [6.45, 7) is 7.36. The van der Waals surface area contributed by atoms with E-state index in [-0.39, 0.29) is 17.4 Å². The molecule has 0 saturated carbocycles. The second kappa shape index (κ2) is 8.17. The molecule has 0 amide bonds. The van der Waals surface area contributed by atoms with Gasteiger partial charge in [0.05, 0.1) is 0 Å². The third-order valence-corrected chi connectivity index (χ3v) is 4.92. The van der Waals surface area contributed by atoms with Crippen molar-refractivity contribution in [3.8, 4) is 22.8 Å². The molecule has 0 bridgehead atoms. The average Bonchev–Trinajstić information content (AvgIpc) is 3.06. The molecule has 0 radical (unpaired) electrons. The molecule has 1 unspecified atom stereocenters. The van der Waals surface area contributed by atoms with Crippen LogP contribution in [0.5, 0.6) is 11.5 Å². The van der Waals surface area contributed by atoms with Gasteiger partial charge in [-0.2, -0.15) is 0 Å². The molecule has 4 rings (SSSR count). The van der Waals surface area contributed by atoms with Crippen LogP contribution >= 0.6 is 0 Å². The van der Waals surface area contributed by atoms with Gasteiger partial charge in [0.1, 0.15) is 11.5 Å². The third kappa shape index (κ3) is 4.08. The van der Waals surface area contributed by atoms with E-state index in [2.05, 4.69) is 24.6 Å². The number of fused-ring (bicyclic) bond motifs is 1. The molecule has 1 heterocycles. The summed E-state index contributed by atoms with van der Waals surface area (Å²) in [6.07, 6.45) is 7.08. The molecule has 3 nitrogen and oxygen atoms in total. The summed E-state index contributed by atoms with van der Waals surface area (Å²) in [5.41, 5.74) is 4.70. The summed E-state index contributed by atoms with van der Waals surface area (Å²) >= 11 is 0. The molecule has 0 fully saturated rings. The Bertz CT molecular complexity index is 925. The van der Waals surface area contributed by atoms with Crippen LogP contribution in [0.25, 0.3) is 22.2 Å². The van der Waals surface area contributed by atoms with Gasteiger partial charge < -0.3 is 15.2 Å². The normalized spacial score (nSPS) is 16.4. The molecule has 0 saturated heterocycles. The number of phenols is 2. The van der Waals surface area contributed by atoms with E-state index in [0.29, 0.717) is 5.56 Å². The highest BCUT2D eigenvalue weighted by Gasteiger charge is 2.21. The van der Waals surface area contributed by atoms with Crippen LogP contribution in [0.1, 0.15) is 44.6 Å². The summed E-state index contributed by atoms with van der Waals surface area (Å²) < 4.78 is 0. The molecule has 3 aromatic rings. The minimum atomic E-state index is 0.0931. The van der Waals surface area contributed by atoms with Gasteiger partial charge in [0.2, 0.25) is 0 Å². The first-order valence-corrected chi connectivity index (χ1v) is 9.41. The van der Waals surface area contributed by atoms with Gasteiger partial charge in [0, 0.05) is 33.6 Å². The lowest BCUT2D eigenvalue weighted by molar-refractivity contribution is 0.429. The Morgan fingerprint density at radius 1 is 1.11 bits per heavy atom. The molecule has 1 aliphatic carbocycles. The summed E-state index contributed by atoms with van der Waals surface area (Å²) in [7, 11) is 0. The molecule has 1 atom stereocenters. The predicted molar refractivity (Wildman–Crippen MR) is 113 cm³/mol. The summed E-state index contributed by atoms with van der Waals surface area (Å²) in [5, 5.41) is 22.2. The average molecular weight is 361 g/mol. The Hall–Kier alpha value is -2.94.